The van der Waals surface area contributed by atoms with Gasteiger partial charge in [-0.25, -0.2) is 4.18 Å². The van der Waals surface area contributed by atoms with Crippen LogP contribution in [0.15, 0.2) is 24.3 Å². The van der Waals surface area contributed by atoms with Crippen molar-refractivity contribution in [1.29, 1.82) is 0 Å². The highest BCUT2D eigenvalue weighted by atomic mass is 32.3. The molecule has 7 unspecified atom stereocenters. The van der Waals surface area contributed by atoms with E-state index in [1.807, 2.05) is 6.08 Å². The summed E-state index contributed by atoms with van der Waals surface area (Å²) in [6, 6.07) is -0.945. The number of carbonyl (C=O) groups is 1. The number of ether oxygens (including phenoxy) is 2. The molecule has 1 aliphatic heterocycles. The molecule has 6 N–H and O–H groups in total. The van der Waals surface area contributed by atoms with Gasteiger partial charge >= 0.3 is 10.4 Å². The molecule has 55 heavy (non-hydrogen) atoms. The number of unbranched alkanes of at least 4 members (excludes halogenated alkanes) is 22. The Bertz CT molecular complexity index is 1090. The fraction of sp³-hybridized carbons (Fsp3) is 0.881. The quantitative estimate of drug-likeness (QED) is 0.0206. The fourth-order valence-corrected chi connectivity index (χ4v) is 7.30. The lowest BCUT2D eigenvalue weighted by atomic mass is 9.99. The third kappa shape index (κ3) is 27.0. The molecule has 13 heteroatoms. The monoisotopic (exact) mass is 806 g/mol. The molecule has 0 aliphatic carbocycles. The summed E-state index contributed by atoms with van der Waals surface area (Å²) in [6.07, 6.45) is 28.0. The number of nitrogens with one attached hydrogen (secondary N) is 1. The largest absolute Gasteiger partial charge is 0.397 e. The lowest BCUT2D eigenvalue weighted by Gasteiger charge is -2.41. The summed E-state index contributed by atoms with van der Waals surface area (Å²) in [7, 11) is -5.08. The van der Waals surface area contributed by atoms with Gasteiger partial charge in [0, 0.05) is 6.42 Å². The smallest absolute Gasteiger partial charge is 0.394 e. The summed E-state index contributed by atoms with van der Waals surface area (Å²) in [4.78, 5) is 12.9. The van der Waals surface area contributed by atoms with Crippen LogP contribution in [0.25, 0.3) is 0 Å². The molecule has 7 atom stereocenters. The number of aliphatic hydroxyl groups is 4. The molecular formula is C42H79NO11S. The first kappa shape index (κ1) is 51.6. The maximum absolute atomic E-state index is 12.9. The molecule has 1 rings (SSSR count). The van der Waals surface area contributed by atoms with Gasteiger partial charge < -0.3 is 35.2 Å². The van der Waals surface area contributed by atoms with Gasteiger partial charge in [0.1, 0.15) is 24.4 Å². The molecule has 12 nitrogen and oxygen atoms in total. The van der Waals surface area contributed by atoms with Gasteiger partial charge in [0.25, 0.3) is 0 Å². The Hall–Kier alpha value is -1.42. The highest BCUT2D eigenvalue weighted by Crippen LogP contribution is 2.26. The summed E-state index contributed by atoms with van der Waals surface area (Å²) < 4.78 is 47.4. The van der Waals surface area contributed by atoms with Gasteiger partial charge in [0.05, 0.1) is 25.4 Å². The van der Waals surface area contributed by atoms with Crippen molar-refractivity contribution in [2.24, 2.45) is 0 Å². The topological polar surface area (TPSA) is 192 Å². The summed E-state index contributed by atoms with van der Waals surface area (Å²) in [5.41, 5.74) is 0. The molecule has 1 amide bonds. The van der Waals surface area contributed by atoms with Crippen LogP contribution < -0.4 is 5.32 Å². The van der Waals surface area contributed by atoms with Crippen molar-refractivity contribution < 1.29 is 51.8 Å². The number of hydrogen-bond donors (Lipinski definition) is 6. The fourth-order valence-electron chi connectivity index (χ4n) is 6.79. The molecule has 0 radical (unpaired) electrons. The first-order valence-electron chi connectivity index (χ1n) is 21.7. The standard InChI is InChI=1S/C42H79NO11S/c1-3-5-7-9-11-13-15-16-17-18-19-20-21-22-23-25-27-29-31-36(45)35(43-38(46)32-30-28-26-24-14-12-10-8-6-4-2)34-52-42-40(48)41(54-55(49,50)51)39(47)37(33-44)53-42/h10,12,29,31,35-37,39-42,44-45,47-48H,3-9,11,13-28,30,32-34H2,1-2H3,(H,43,46)(H,49,50,51)/b12-10-,31-29+. The lowest BCUT2D eigenvalue weighted by molar-refractivity contribution is -0.298. The first-order chi connectivity index (χ1) is 26.5. The molecule has 1 saturated heterocycles. The van der Waals surface area contributed by atoms with E-state index in [-0.39, 0.29) is 18.9 Å². The Morgan fingerprint density at radius 3 is 1.69 bits per heavy atom. The number of aliphatic hydroxyl groups excluding tert-OH is 4. The SMILES string of the molecule is CCCC/C=C\CCCCCCC(=O)NC(COC1OC(CO)C(O)C(OS(=O)(=O)O)C1O)C(O)/C=C/CCCCCCCCCCCCCCCCCC. The second kappa shape index (κ2) is 33.5. The van der Waals surface area contributed by atoms with Crippen molar-refractivity contribution in [1.82, 2.24) is 5.32 Å². The number of allylic oxidation sites excluding steroid dienone is 3. The van der Waals surface area contributed by atoms with E-state index in [2.05, 4.69) is 35.5 Å². The van der Waals surface area contributed by atoms with Crippen LogP contribution in [0.1, 0.15) is 181 Å². The van der Waals surface area contributed by atoms with E-state index >= 15 is 0 Å². The normalized spacial score (nSPS) is 21.8. The first-order valence-corrected chi connectivity index (χ1v) is 23.1. The minimum atomic E-state index is -5.08. The molecule has 0 bridgehead atoms. The Morgan fingerprint density at radius 2 is 1.18 bits per heavy atom. The number of hydrogen-bond acceptors (Lipinski definition) is 10. The van der Waals surface area contributed by atoms with Crippen LogP contribution in [-0.4, -0.2) is 95.4 Å². The Morgan fingerprint density at radius 1 is 0.709 bits per heavy atom. The van der Waals surface area contributed by atoms with Crippen molar-refractivity contribution in [3.05, 3.63) is 24.3 Å². The number of rotatable bonds is 36. The predicted molar refractivity (Wildman–Crippen MR) is 218 cm³/mol. The zero-order valence-electron chi connectivity index (χ0n) is 34.2. The number of amides is 1. The van der Waals surface area contributed by atoms with Gasteiger partial charge in [-0.1, -0.05) is 160 Å². The van der Waals surface area contributed by atoms with Crippen molar-refractivity contribution in [3.8, 4) is 0 Å². The van der Waals surface area contributed by atoms with Crippen molar-refractivity contribution in [3.63, 3.8) is 0 Å². The molecular weight excluding hydrogens is 727 g/mol. The van der Waals surface area contributed by atoms with Crippen LogP contribution in [0, 0.1) is 0 Å². The molecule has 324 valence electrons. The van der Waals surface area contributed by atoms with Gasteiger partial charge in [0.2, 0.25) is 5.91 Å². The molecule has 0 saturated carbocycles. The zero-order valence-corrected chi connectivity index (χ0v) is 35.1. The molecule has 1 heterocycles. The van der Waals surface area contributed by atoms with E-state index in [1.54, 1.807) is 6.08 Å². The summed E-state index contributed by atoms with van der Waals surface area (Å²) in [5.74, 6) is -0.278. The molecule has 1 aliphatic rings. The van der Waals surface area contributed by atoms with Crippen LogP contribution in [0.5, 0.6) is 0 Å². The van der Waals surface area contributed by atoms with E-state index < -0.39 is 59.9 Å². The van der Waals surface area contributed by atoms with Crippen LogP contribution in [0.2, 0.25) is 0 Å². The van der Waals surface area contributed by atoms with Crippen LogP contribution in [0.4, 0.5) is 0 Å². The Labute approximate surface area is 333 Å². The molecule has 1 fully saturated rings. The van der Waals surface area contributed by atoms with E-state index in [4.69, 9.17) is 14.0 Å². The zero-order chi connectivity index (χ0) is 40.6. The Kier molecular flexibility index (Phi) is 31.5. The highest BCUT2D eigenvalue weighted by molar-refractivity contribution is 7.80. The van der Waals surface area contributed by atoms with E-state index in [1.165, 1.54) is 103 Å². The van der Waals surface area contributed by atoms with E-state index in [9.17, 15) is 33.6 Å². The summed E-state index contributed by atoms with van der Waals surface area (Å²) in [6.45, 7) is 3.32. The maximum atomic E-state index is 12.9. The lowest BCUT2D eigenvalue weighted by Crippen LogP contribution is -2.61. The van der Waals surface area contributed by atoms with Gasteiger partial charge in [-0.15, -0.1) is 0 Å². The van der Waals surface area contributed by atoms with Crippen molar-refractivity contribution in [2.75, 3.05) is 13.2 Å². The molecule has 0 aromatic heterocycles. The molecule has 0 spiro atoms. The second-order valence-corrected chi connectivity index (χ2v) is 16.3. The van der Waals surface area contributed by atoms with E-state index in [0.29, 0.717) is 6.42 Å². The third-order valence-electron chi connectivity index (χ3n) is 10.2. The van der Waals surface area contributed by atoms with Crippen molar-refractivity contribution >= 4 is 16.3 Å². The average Bonchev–Trinajstić information content (AvgIpc) is 3.15. The summed E-state index contributed by atoms with van der Waals surface area (Å²) in [5, 5.41) is 44.5. The minimum Gasteiger partial charge on any atom is -0.394 e. The van der Waals surface area contributed by atoms with Crippen LogP contribution >= 0.6 is 0 Å². The van der Waals surface area contributed by atoms with E-state index in [0.717, 1.165) is 51.4 Å². The summed E-state index contributed by atoms with van der Waals surface area (Å²) >= 11 is 0. The molecule has 0 aromatic rings. The van der Waals surface area contributed by atoms with Gasteiger partial charge in [-0.05, 0) is 38.5 Å². The highest BCUT2D eigenvalue weighted by Gasteiger charge is 2.48. The minimum absolute atomic E-state index is 0.254. The molecule has 0 aromatic carbocycles. The predicted octanol–water partition coefficient (Wildman–Crippen LogP) is 7.77. The Balaban J connectivity index is 2.54. The van der Waals surface area contributed by atoms with Crippen molar-refractivity contribution in [2.45, 2.75) is 224 Å². The number of carbonyl (C=O) groups excluding carboxylic acids is 1. The van der Waals surface area contributed by atoms with Crippen LogP contribution in [0.3, 0.4) is 0 Å². The second-order valence-electron chi connectivity index (χ2n) is 15.3. The van der Waals surface area contributed by atoms with Gasteiger partial charge in [-0.2, -0.15) is 8.42 Å². The average molecular weight is 806 g/mol. The van der Waals surface area contributed by atoms with Crippen LogP contribution in [-0.2, 0) is 28.9 Å². The third-order valence-corrected chi connectivity index (χ3v) is 10.7. The maximum Gasteiger partial charge on any atom is 0.397 e. The van der Waals surface area contributed by atoms with Gasteiger partial charge in [0.15, 0.2) is 6.29 Å². The van der Waals surface area contributed by atoms with Gasteiger partial charge in [-0.3, -0.25) is 9.35 Å².